The fourth-order valence-corrected chi connectivity index (χ4v) is 7.12. The number of hydrogen-bond acceptors (Lipinski definition) is 7. The lowest BCUT2D eigenvalue weighted by atomic mass is 10.0. The van der Waals surface area contributed by atoms with Crippen LogP contribution in [0.4, 0.5) is 5.69 Å². The number of hydrogen-bond donors (Lipinski definition) is 1. The van der Waals surface area contributed by atoms with E-state index in [9.17, 15) is 4.21 Å². The Bertz CT molecular complexity index is 1270. The van der Waals surface area contributed by atoms with Crippen LogP contribution in [0.3, 0.4) is 0 Å². The predicted molar refractivity (Wildman–Crippen MR) is 119 cm³/mol. The largest absolute Gasteiger partial charge is 0.396 e. The van der Waals surface area contributed by atoms with E-state index < -0.39 is 10.8 Å². The van der Waals surface area contributed by atoms with Gasteiger partial charge in [-0.25, -0.2) is 15.0 Å². The van der Waals surface area contributed by atoms with Crippen molar-refractivity contribution in [3.8, 4) is 22.5 Å². The van der Waals surface area contributed by atoms with Crippen molar-refractivity contribution in [1.29, 1.82) is 0 Å². The van der Waals surface area contributed by atoms with Gasteiger partial charge in [-0.1, -0.05) is 6.42 Å². The Morgan fingerprint density at radius 3 is 2.67 bits per heavy atom. The number of anilines is 1. The SMILES string of the molecule is Nc1c([S@](=O)C2CCC2)sc2nc(-c3cncnc3)cc(-c3ccnn3C3CC3)c12. The molecule has 9 heteroatoms. The predicted octanol–water partition coefficient (Wildman–Crippen LogP) is 4.19. The van der Waals surface area contributed by atoms with Crippen LogP contribution in [-0.4, -0.2) is 34.2 Å². The number of nitrogens with zero attached hydrogens (tertiary/aromatic N) is 5. The van der Waals surface area contributed by atoms with E-state index in [0.29, 0.717) is 11.7 Å². The van der Waals surface area contributed by atoms with Crippen LogP contribution in [-0.2, 0) is 10.8 Å². The van der Waals surface area contributed by atoms with Crippen molar-refractivity contribution in [3.63, 3.8) is 0 Å². The number of fused-ring (bicyclic) bond motifs is 1. The zero-order valence-electron chi connectivity index (χ0n) is 16.2. The van der Waals surface area contributed by atoms with Gasteiger partial charge in [-0.05, 0) is 37.8 Å². The van der Waals surface area contributed by atoms with E-state index in [1.807, 2.05) is 18.3 Å². The first-order valence-corrected chi connectivity index (χ1v) is 12.2. The highest BCUT2D eigenvalue weighted by atomic mass is 32.2. The molecule has 0 aromatic carbocycles. The highest BCUT2D eigenvalue weighted by molar-refractivity contribution is 7.88. The Morgan fingerprint density at radius 2 is 1.97 bits per heavy atom. The molecule has 1 atom stereocenters. The minimum absolute atomic E-state index is 0.211. The summed E-state index contributed by atoms with van der Waals surface area (Å²) < 4.78 is 16.0. The van der Waals surface area contributed by atoms with Crippen LogP contribution in [0.2, 0.25) is 0 Å². The molecule has 0 aliphatic heterocycles. The zero-order chi connectivity index (χ0) is 20.2. The van der Waals surface area contributed by atoms with Crippen LogP contribution in [0.25, 0.3) is 32.7 Å². The Hall–Kier alpha value is -2.65. The van der Waals surface area contributed by atoms with Crippen molar-refractivity contribution >= 4 is 38.0 Å². The van der Waals surface area contributed by atoms with Crippen molar-refractivity contribution in [2.75, 3.05) is 5.73 Å². The van der Waals surface area contributed by atoms with Crippen LogP contribution in [0.5, 0.6) is 0 Å². The van der Waals surface area contributed by atoms with E-state index in [-0.39, 0.29) is 5.25 Å². The first kappa shape index (κ1) is 18.1. The maximum absolute atomic E-state index is 13.1. The molecule has 7 nitrogen and oxygen atoms in total. The Labute approximate surface area is 179 Å². The molecule has 2 saturated carbocycles. The summed E-state index contributed by atoms with van der Waals surface area (Å²) in [7, 11) is -1.09. The molecule has 0 bridgehead atoms. The van der Waals surface area contributed by atoms with E-state index >= 15 is 0 Å². The van der Waals surface area contributed by atoms with E-state index in [4.69, 9.17) is 10.7 Å². The van der Waals surface area contributed by atoms with Gasteiger partial charge in [0.1, 0.15) is 15.4 Å². The van der Waals surface area contributed by atoms with Crippen LogP contribution in [0.1, 0.15) is 38.1 Å². The van der Waals surface area contributed by atoms with E-state index in [2.05, 4.69) is 19.7 Å². The van der Waals surface area contributed by atoms with E-state index in [0.717, 1.165) is 69.0 Å². The van der Waals surface area contributed by atoms with Gasteiger partial charge >= 0.3 is 0 Å². The third-order valence-electron chi connectivity index (χ3n) is 5.90. The number of nitrogen functional groups attached to an aromatic ring is 1. The van der Waals surface area contributed by atoms with Gasteiger partial charge < -0.3 is 5.73 Å². The van der Waals surface area contributed by atoms with E-state index in [1.165, 1.54) is 17.7 Å². The average molecular weight is 437 g/mol. The summed E-state index contributed by atoms with van der Waals surface area (Å²) in [4.78, 5) is 14.0. The highest BCUT2D eigenvalue weighted by Crippen LogP contribution is 2.46. The van der Waals surface area contributed by atoms with Crippen molar-refractivity contribution in [2.24, 2.45) is 0 Å². The van der Waals surface area contributed by atoms with Crippen molar-refractivity contribution in [3.05, 3.63) is 37.1 Å². The van der Waals surface area contributed by atoms with Gasteiger partial charge in [-0.3, -0.25) is 8.89 Å². The lowest BCUT2D eigenvalue weighted by Gasteiger charge is -2.23. The minimum Gasteiger partial charge on any atom is -0.396 e. The zero-order valence-corrected chi connectivity index (χ0v) is 17.8. The third-order valence-corrected chi connectivity index (χ3v) is 9.20. The normalized spacial score (nSPS) is 17.9. The second-order valence-corrected chi connectivity index (χ2v) is 10.8. The molecular weight excluding hydrogens is 416 g/mol. The molecule has 0 spiro atoms. The van der Waals surface area contributed by atoms with Crippen molar-refractivity contribution < 1.29 is 4.21 Å². The number of pyridine rings is 1. The van der Waals surface area contributed by atoms with Crippen molar-refractivity contribution in [1.82, 2.24) is 24.7 Å². The van der Waals surface area contributed by atoms with Crippen LogP contribution in [0.15, 0.2) is 41.3 Å². The third kappa shape index (κ3) is 2.87. The molecule has 4 heterocycles. The van der Waals surface area contributed by atoms with Gasteiger partial charge in [0.25, 0.3) is 0 Å². The Morgan fingerprint density at radius 1 is 1.17 bits per heavy atom. The fraction of sp³-hybridized carbons (Fsp3) is 0.333. The maximum Gasteiger partial charge on any atom is 0.127 e. The molecule has 30 heavy (non-hydrogen) atoms. The van der Waals surface area contributed by atoms with Gasteiger partial charge in [-0.2, -0.15) is 5.10 Å². The summed E-state index contributed by atoms with van der Waals surface area (Å²) in [6, 6.07) is 4.50. The molecule has 0 saturated heterocycles. The molecule has 4 aromatic heterocycles. The molecule has 0 amide bonds. The lowest BCUT2D eigenvalue weighted by Crippen LogP contribution is -2.23. The molecule has 6 rings (SSSR count). The maximum atomic E-state index is 13.1. The molecule has 2 aliphatic carbocycles. The second-order valence-electron chi connectivity index (χ2n) is 7.91. The first-order chi connectivity index (χ1) is 14.7. The summed E-state index contributed by atoms with van der Waals surface area (Å²) in [5.74, 6) is 0. The summed E-state index contributed by atoms with van der Waals surface area (Å²) >= 11 is 1.45. The van der Waals surface area contributed by atoms with Crippen LogP contribution < -0.4 is 5.73 Å². The monoisotopic (exact) mass is 436 g/mol. The smallest absolute Gasteiger partial charge is 0.127 e. The topological polar surface area (TPSA) is 99.6 Å². The molecule has 0 unspecified atom stereocenters. The summed E-state index contributed by atoms with van der Waals surface area (Å²) in [5.41, 5.74) is 10.8. The molecule has 2 aliphatic rings. The van der Waals surface area contributed by atoms with Gasteiger partial charge in [0.2, 0.25) is 0 Å². The molecule has 2 fully saturated rings. The standard InChI is InChI=1S/C21H20N6OS2/c22-19-18-15(17-6-7-25-27(17)13-4-5-13)8-16(12-9-23-11-24-10-12)26-20(18)29-21(19)30(28)14-2-1-3-14/h6-11,13-14H,1-5,22H2/t30-/m1/s1. The van der Waals surface area contributed by atoms with Crippen molar-refractivity contribution in [2.45, 2.75) is 47.6 Å². The Balaban J connectivity index is 1.60. The van der Waals surface area contributed by atoms with Gasteiger partial charge in [0.15, 0.2) is 0 Å². The number of nitrogens with two attached hydrogens (primary N) is 1. The molecular formula is C21H20N6OS2. The number of thiophene rings is 1. The van der Waals surface area contributed by atoms with E-state index in [1.54, 1.807) is 12.4 Å². The summed E-state index contributed by atoms with van der Waals surface area (Å²) in [5, 5.41) is 5.65. The molecule has 4 aromatic rings. The minimum atomic E-state index is -1.09. The van der Waals surface area contributed by atoms with Crippen LogP contribution in [0, 0.1) is 0 Å². The summed E-state index contributed by atoms with van der Waals surface area (Å²) in [6.45, 7) is 0. The van der Waals surface area contributed by atoms with Gasteiger partial charge in [0.05, 0.1) is 33.9 Å². The summed E-state index contributed by atoms with van der Waals surface area (Å²) in [6.07, 6.45) is 12.3. The van der Waals surface area contributed by atoms with Gasteiger partial charge in [0, 0.05) is 40.4 Å². The quantitative estimate of drug-likeness (QED) is 0.503. The number of aromatic nitrogens is 5. The molecule has 152 valence electrons. The first-order valence-electron chi connectivity index (χ1n) is 10.1. The lowest BCUT2D eigenvalue weighted by molar-refractivity contribution is 0.505. The Kier molecular flexibility index (Phi) is 4.21. The fourth-order valence-electron chi connectivity index (χ4n) is 3.91. The average Bonchev–Trinajstić information content (AvgIpc) is 3.36. The van der Waals surface area contributed by atoms with Gasteiger partial charge in [-0.15, -0.1) is 11.3 Å². The highest BCUT2D eigenvalue weighted by Gasteiger charge is 2.31. The van der Waals surface area contributed by atoms with Crippen LogP contribution >= 0.6 is 11.3 Å². The molecule has 2 N–H and O–H groups in total. The molecule has 0 radical (unpaired) electrons. The second kappa shape index (κ2) is 6.95. The number of rotatable bonds is 5.